The minimum absolute atomic E-state index is 0.0802. The summed E-state index contributed by atoms with van der Waals surface area (Å²) in [4.78, 5) is 11.3. The van der Waals surface area contributed by atoms with Crippen LogP contribution in [0.25, 0.3) is 0 Å². The SMILES string of the molecule is CCCCN(CC(=O)NO)S(=O)(=O)c1ccc(NS(C)(=O)=O)cc1. The number of unbranched alkanes of at least 4 members (excludes halogenated alkanes) is 1. The van der Waals surface area contributed by atoms with Gasteiger partial charge in [0.2, 0.25) is 20.0 Å². The van der Waals surface area contributed by atoms with Gasteiger partial charge in [-0.1, -0.05) is 13.3 Å². The van der Waals surface area contributed by atoms with Crippen LogP contribution in [0.1, 0.15) is 19.8 Å². The van der Waals surface area contributed by atoms with Gasteiger partial charge >= 0.3 is 0 Å². The van der Waals surface area contributed by atoms with Crippen molar-refractivity contribution in [3.63, 3.8) is 0 Å². The van der Waals surface area contributed by atoms with E-state index in [1.165, 1.54) is 29.7 Å². The quantitative estimate of drug-likeness (QED) is 0.419. The Kier molecular flexibility index (Phi) is 7.14. The van der Waals surface area contributed by atoms with Gasteiger partial charge < -0.3 is 0 Å². The molecule has 0 unspecified atom stereocenters. The van der Waals surface area contributed by atoms with E-state index >= 15 is 0 Å². The fourth-order valence-corrected chi connectivity index (χ4v) is 3.87. The Hall–Kier alpha value is -1.69. The minimum Gasteiger partial charge on any atom is -0.289 e. The molecule has 0 saturated carbocycles. The molecule has 0 aliphatic carbocycles. The number of hydroxylamine groups is 1. The maximum atomic E-state index is 12.6. The second-order valence-electron chi connectivity index (χ2n) is 5.13. The molecule has 11 heteroatoms. The number of benzene rings is 1. The van der Waals surface area contributed by atoms with Crippen molar-refractivity contribution in [3.05, 3.63) is 24.3 Å². The molecule has 0 fully saturated rings. The molecule has 0 radical (unpaired) electrons. The largest absolute Gasteiger partial charge is 0.289 e. The van der Waals surface area contributed by atoms with Crippen molar-refractivity contribution in [1.29, 1.82) is 0 Å². The van der Waals surface area contributed by atoms with Crippen molar-refractivity contribution >= 4 is 31.6 Å². The molecule has 0 saturated heterocycles. The standard InChI is InChI=1S/C13H21N3O6S2/c1-3-4-9-16(10-13(17)14-18)24(21,22)12-7-5-11(6-8-12)15-23(2,19)20/h5-8,15,18H,3-4,9-10H2,1-2H3,(H,14,17). The average molecular weight is 379 g/mol. The highest BCUT2D eigenvalue weighted by Gasteiger charge is 2.26. The van der Waals surface area contributed by atoms with Crippen LogP contribution in [0.3, 0.4) is 0 Å². The monoisotopic (exact) mass is 379 g/mol. The van der Waals surface area contributed by atoms with Crippen LogP contribution >= 0.6 is 0 Å². The van der Waals surface area contributed by atoms with Gasteiger partial charge in [0.05, 0.1) is 17.7 Å². The van der Waals surface area contributed by atoms with E-state index in [1.54, 1.807) is 0 Å². The number of carbonyl (C=O) groups is 1. The Morgan fingerprint density at radius 2 is 1.75 bits per heavy atom. The van der Waals surface area contributed by atoms with Crippen molar-refractivity contribution in [2.75, 3.05) is 24.1 Å². The topological polar surface area (TPSA) is 133 Å². The third-order valence-electron chi connectivity index (χ3n) is 3.00. The van der Waals surface area contributed by atoms with Crippen LogP contribution in [-0.4, -0.2) is 51.6 Å². The number of nitrogens with zero attached hydrogens (tertiary/aromatic N) is 1. The number of rotatable bonds is 9. The van der Waals surface area contributed by atoms with Crippen LogP contribution in [0.4, 0.5) is 5.69 Å². The highest BCUT2D eigenvalue weighted by atomic mass is 32.2. The molecule has 0 aliphatic heterocycles. The van der Waals surface area contributed by atoms with E-state index in [2.05, 4.69) is 4.72 Å². The summed E-state index contributed by atoms with van der Waals surface area (Å²) in [5.41, 5.74) is 1.64. The second-order valence-corrected chi connectivity index (χ2v) is 8.81. The van der Waals surface area contributed by atoms with E-state index in [9.17, 15) is 21.6 Å². The molecule has 0 aromatic heterocycles. The number of nitrogens with one attached hydrogen (secondary N) is 2. The van der Waals surface area contributed by atoms with E-state index in [1.807, 2.05) is 6.92 Å². The number of hydrogen-bond acceptors (Lipinski definition) is 6. The highest BCUT2D eigenvalue weighted by molar-refractivity contribution is 7.92. The number of hydrogen-bond donors (Lipinski definition) is 3. The molecule has 24 heavy (non-hydrogen) atoms. The molecule has 1 amide bonds. The van der Waals surface area contributed by atoms with Gasteiger partial charge in [0.25, 0.3) is 5.91 Å². The molecular formula is C13H21N3O6S2. The molecule has 1 aromatic carbocycles. The maximum Gasteiger partial charge on any atom is 0.258 e. The molecule has 3 N–H and O–H groups in total. The van der Waals surface area contributed by atoms with E-state index < -0.39 is 32.5 Å². The summed E-state index contributed by atoms with van der Waals surface area (Å²) >= 11 is 0. The molecule has 0 aliphatic rings. The third-order valence-corrected chi connectivity index (χ3v) is 5.47. The Morgan fingerprint density at radius 1 is 1.17 bits per heavy atom. The zero-order valence-electron chi connectivity index (χ0n) is 13.4. The first-order valence-corrected chi connectivity index (χ1v) is 10.4. The number of anilines is 1. The molecule has 0 spiro atoms. The fraction of sp³-hybridized carbons (Fsp3) is 0.462. The molecule has 0 heterocycles. The zero-order valence-corrected chi connectivity index (χ0v) is 15.0. The molecule has 0 atom stereocenters. The lowest BCUT2D eigenvalue weighted by atomic mass is 10.3. The molecule has 1 aromatic rings. The van der Waals surface area contributed by atoms with Crippen molar-refractivity contribution in [1.82, 2.24) is 9.79 Å². The lowest BCUT2D eigenvalue weighted by Gasteiger charge is -2.21. The fourth-order valence-electron chi connectivity index (χ4n) is 1.87. The van der Waals surface area contributed by atoms with Crippen LogP contribution in [0.2, 0.25) is 0 Å². The van der Waals surface area contributed by atoms with Crippen LogP contribution in [0.15, 0.2) is 29.2 Å². The smallest absolute Gasteiger partial charge is 0.258 e. The summed E-state index contributed by atoms with van der Waals surface area (Å²) in [5.74, 6) is -0.843. The van der Waals surface area contributed by atoms with Gasteiger partial charge in [0.1, 0.15) is 0 Å². The Morgan fingerprint density at radius 3 is 2.21 bits per heavy atom. The normalized spacial score (nSPS) is 12.2. The summed E-state index contributed by atoms with van der Waals surface area (Å²) in [7, 11) is -7.42. The molecule has 9 nitrogen and oxygen atoms in total. The summed E-state index contributed by atoms with van der Waals surface area (Å²) in [6, 6.07) is 5.13. The predicted molar refractivity (Wildman–Crippen MR) is 88.5 cm³/mol. The van der Waals surface area contributed by atoms with Gasteiger partial charge in [-0.3, -0.25) is 14.7 Å². The first-order chi connectivity index (χ1) is 11.1. The Labute approximate surface area is 141 Å². The van der Waals surface area contributed by atoms with Gasteiger partial charge in [-0.05, 0) is 30.7 Å². The van der Waals surface area contributed by atoms with Crippen molar-refractivity contribution in [2.45, 2.75) is 24.7 Å². The summed E-state index contributed by atoms with van der Waals surface area (Å²) in [6.45, 7) is 1.49. The summed E-state index contributed by atoms with van der Waals surface area (Å²) in [6.07, 6.45) is 2.26. The lowest BCUT2D eigenvalue weighted by molar-refractivity contribution is -0.129. The van der Waals surface area contributed by atoms with Crippen LogP contribution in [0, 0.1) is 0 Å². The zero-order chi connectivity index (χ0) is 18.4. The average Bonchev–Trinajstić information content (AvgIpc) is 2.49. The highest BCUT2D eigenvalue weighted by Crippen LogP contribution is 2.19. The van der Waals surface area contributed by atoms with E-state index in [0.29, 0.717) is 6.42 Å². The van der Waals surface area contributed by atoms with E-state index in [4.69, 9.17) is 5.21 Å². The summed E-state index contributed by atoms with van der Waals surface area (Å²) < 4.78 is 50.7. The first kappa shape index (κ1) is 20.4. The molecule has 1 rings (SSSR count). The Balaban J connectivity index is 3.07. The lowest BCUT2D eigenvalue weighted by Crippen LogP contribution is -2.40. The van der Waals surface area contributed by atoms with Crippen LogP contribution in [-0.2, 0) is 24.8 Å². The van der Waals surface area contributed by atoms with Gasteiger partial charge in [-0.15, -0.1) is 0 Å². The van der Waals surface area contributed by atoms with Crippen molar-refractivity contribution in [2.24, 2.45) is 0 Å². The van der Waals surface area contributed by atoms with Gasteiger partial charge in [0, 0.05) is 12.2 Å². The molecule has 136 valence electrons. The van der Waals surface area contributed by atoms with Gasteiger partial charge in [-0.25, -0.2) is 22.3 Å². The van der Waals surface area contributed by atoms with Crippen LogP contribution < -0.4 is 10.2 Å². The first-order valence-electron chi connectivity index (χ1n) is 7.11. The van der Waals surface area contributed by atoms with E-state index in [0.717, 1.165) is 17.0 Å². The van der Waals surface area contributed by atoms with Gasteiger partial charge in [-0.2, -0.15) is 4.31 Å². The van der Waals surface area contributed by atoms with Crippen molar-refractivity contribution in [3.8, 4) is 0 Å². The summed E-state index contributed by atoms with van der Waals surface area (Å²) in [5, 5.41) is 8.60. The third kappa shape index (κ3) is 6.07. The van der Waals surface area contributed by atoms with Crippen LogP contribution in [0.5, 0.6) is 0 Å². The van der Waals surface area contributed by atoms with Gasteiger partial charge in [0.15, 0.2) is 0 Å². The maximum absolute atomic E-state index is 12.6. The number of sulfonamides is 2. The van der Waals surface area contributed by atoms with E-state index in [-0.39, 0.29) is 17.1 Å². The molecule has 0 bridgehead atoms. The second kappa shape index (κ2) is 8.42. The molecular weight excluding hydrogens is 358 g/mol. The number of carbonyl (C=O) groups excluding carboxylic acids is 1. The van der Waals surface area contributed by atoms with Crippen molar-refractivity contribution < 1.29 is 26.8 Å². The Bertz CT molecular complexity index is 759. The minimum atomic E-state index is -3.95. The predicted octanol–water partition coefficient (Wildman–Crippen LogP) is 0.354. The number of amides is 1.